The molecular weight excluding hydrogens is 336 g/mol. The summed E-state index contributed by atoms with van der Waals surface area (Å²) in [4.78, 5) is 12.7. The molecule has 0 aliphatic carbocycles. The number of aryl methyl sites for hydroxylation is 1. The number of nitrogens with one attached hydrogen (secondary N) is 1. The highest BCUT2D eigenvalue weighted by Crippen LogP contribution is 2.34. The highest BCUT2D eigenvalue weighted by atomic mass is 16.5. The number of nitrogens with zero attached hydrogens (tertiary/aromatic N) is 1. The number of benzene rings is 1. The molecule has 1 N–H and O–H groups in total. The summed E-state index contributed by atoms with van der Waals surface area (Å²) in [5.74, 6) is -0.0503. The Morgan fingerprint density at radius 1 is 1.26 bits per heavy atom. The molecule has 144 valence electrons. The second-order valence-corrected chi connectivity index (χ2v) is 7.31. The van der Waals surface area contributed by atoms with Crippen LogP contribution in [0.1, 0.15) is 43.9 Å². The van der Waals surface area contributed by atoms with Gasteiger partial charge in [0.05, 0.1) is 12.0 Å². The molecule has 0 spiro atoms. The smallest absolute Gasteiger partial charge is 0.313 e. The lowest BCUT2D eigenvalue weighted by molar-refractivity contribution is -0.157. The highest BCUT2D eigenvalue weighted by molar-refractivity contribution is 5.79. The maximum atomic E-state index is 12.7. The topological polar surface area (TPSA) is 43.3 Å². The molecule has 4 heteroatoms. The van der Waals surface area contributed by atoms with Crippen LogP contribution in [-0.2, 0) is 16.6 Å². The van der Waals surface area contributed by atoms with Gasteiger partial charge in [0.25, 0.3) is 0 Å². The molecule has 1 aromatic carbocycles. The minimum Gasteiger partial charge on any atom is -0.466 e. The Bertz CT molecular complexity index is 771. The number of allylic oxidation sites excluding steroid dienone is 1. The molecule has 1 saturated heterocycles. The number of carbonyl (C=O) groups is 1. The molecule has 0 saturated carbocycles. The van der Waals surface area contributed by atoms with E-state index >= 15 is 0 Å². The Morgan fingerprint density at radius 3 is 2.70 bits per heavy atom. The monoisotopic (exact) mass is 366 g/mol. The number of hydrogen-bond donors (Lipinski definition) is 1. The van der Waals surface area contributed by atoms with Crippen molar-refractivity contribution in [3.05, 3.63) is 66.0 Å². The first-order valence-electron chi connectivity index (χ1n) is 9.91. The second kappa shape index (κ2) is 9.05. The summed E-state index contributed by atoms with van der Waals surface area (Å²) >= 11 is 0. The van der Waals surface area contributed by atoms with Crippen molar-refractivity contribution >= 4 is 11.5 Å². The van der Waals surface area contributed by atoms with E-state index in [1.165, 1.54) is 16.8 Å². The van der Waals surface area contributed by atoms with E-state index in [1.54, 1.807) is 0 Å². The van der Waals surface area contributed by atoms with E-state index in [4.69, 9.17) is 4.74 Å². The molecule has 0 radical (unpaired) electrons. The van der Waals surface area contributed by atoms with Gasteiger partial charge in [0.15, 0.2) is 0 Å². The van der Waals surface area contributed by atoms with Crippen LogP contribution in [0.3, 0.4) is 0 Å². The van der Waals surface area contributed by atoms with Crippen LogP contribution in [0.2, 0.25) is 0 Å². The summed E-state index contributed by atoms with van der Waals surface area (Å²) < 4.78 is 7.56. The van der Waals surface area contributed by atoms with Crippen LogP contribution in [0.25, 0.3) is 5.57 Å². The molecule has 3 rings (SSSR count). The highest BCUT2D eigenvalue weighted by Gasteiger charge is 2.40. The fourth-order valence-electron chi connectivity index (χ4n) is 3.96. The SMILES string of the molecule is CCOC(=O)C1(CCC=C(c2ccccc2)c2cccn2C)CCCNC1. The van der Waals surface area contributed by atoms with Crippen molar-refractivity contribution in [3.8, 4) is 0 Å². The van der Waals surface area contributed by atoms with Crippen molar-refractivity contribution in [1.29, 1.82) is 0 Å². The zero-order valence-corrected chi connectivity index (χ0v) is 16.4. The zero-order chi connectivity index (χ0) is 19.1. The second-order valence-electron chi connectivity index (χ2n) is 7.31. The summed E-state index contributed by atoms with van der Waals surface area (Å²) in [5.41, 5.74) is 3.20. The molecule has 27 heavy (non-hydrogen) atoms. The van der Waals surface area contributed by atoms with Crippen molar-refractivity contribution in [2.75, 3.05) is 19.7 Å². The molecule has 0 bridgehead atoms. The summed E-state index contributed by atoms with van der Waals surface area (Å²) in [6.07, 6.45) is 7.91. The first kappa shape index (κ1) is 19.4. The molecule has 1 atom stereocenters. The Balaban J connectivity index is 1.83. The molecule has 1 aliphatic heterocycles. The lowest BCUT2D eigenvalue weighted by Crippen LogP contribution is -2.46. The lowest BCUT2D eigenvalue weighted by Gasteiger charge is -2.35. The molecule has 2 heterocycles. The quantitative estimate of drug-likeness (QED) is 0.748. The van der Waals surface area contributed by atoms with Gasteiger partial charge in [-0.3, -0.25) is 4.79 Å². The van der Waals surface area contributed by atoms with Gasteiger partial charge in [0.1, 0.15) is 0 Å². The average Bonchev–Trinajstić information content (AvgIpc) is 3.12. The number of ether oxygens (including phenoxy) is 1. The number of aromatic nitrogens is 1. The lowest BCUT2D eigenvalue weighted by atomic mass is 9.76. The van der Waals surface area contributed by atoms with Gasteiger partial charge in [-0.1, -0.05) is 36.4 Å². The summed E-state index contributed by atoms with van der Waals surface area (Å²) in [6, 6.07) is 14.7. The van der Waals surface area contributed by atoms with E-state index in [2.05, 4.69) is 65.6 Å². The largest absolute Gasteiger partial charge is 0.466 e. The predicted molar refractivity (Wildman–Crippen MR) is 109 cm³/mol. The fourth-order valence-corrected chi connectivity index (χ4v) is 3.96. The molecule has 0 amide bonds. The molecule has 1 unspecified atom stereocenters. The number of esters is 1. The predicted octanol–water partition coefficient (Wildman–Crippen LogP) is 4.17. The number of piperidine rings is 1. The van der Waals surface area contributed by atoms with Crippen LogP contribution >= 0.6 is 0 Å². The van der Waals surface area contributed by atoms with Gasteiger partial charge in [0, 0.05) is 31.1 Å². The van der Waals surface area contributed by atoms with Crippen LogP contribution in [0.5, 0.6) is 0 Å². The van der Waals surface area contributed by atoms with Gasteiger partial charge in [-0.25, -0.2) is 0 Å². The van der Waals surface area contributed by atoms with Gasteiger partial charge in [-0.2, -0.15) is 0 Å². The number of rotatable bonds is 7. The van der Waals surface area contributed by atoms with E-state index in [-0.39, 0.29) is 5.97 Å². The summed E-state index contributed by atoms with van der Waals surface area (Å²) in [6.45, 7) is 4.01. The number of hydrogen-bond acceptors (Lipinski definition) is 3. The van der Waals surface area contributed by atoms with E-state index in [0.717, 1.165) is 32.2 Å². The molecular formula is C23H30N2O2. The van der Waals surface area contributed by atoms with Gasteiger partial charge in [0.2, 0.25) is 0 Å². The molecule has 1 aromatic heterocycles. The van der Waals surface area contributed by atoms with Gasteiger partial charge >= 0.3 is 5.97 Å². The first-order chi connectivity index (χ1) is 13.2. The van der Waals surface area contributed by atoms with Gasteiger partial charge in [-0.05, 0) is 56.8 Å². The van der Waals surface area contributed by atoms with Crippen LogP contribution in [0.4, 0.5) is 0 Å². The Kier molecular flexibility index (Phi) is 6.51. The normalized spacial score (nSPS) is 20.4. The van der Waals surface area contributed by atoms with E-state index in [1.807, 2.05) is 13.0 Å². The Labute approximate surface area is 162 Å². The minimum atomic E-state index is -0.402. The van der Waals surface area contributed by atoms with Crippen molar-refractivity contribution in [2.24, 2.45) is 12.5 Å². The Hall–Kier alpha value is -2.33. The van der Waals surface area contributed by atoms with Gasteiger partial charge in [-0.15, -0.1) is 0 Å². The fraction of sp³-hybridized carbons (Fsp3) is 0.435. The maximum absolute atomic E-state index is 12.7. The third kappa shape index (κ3) is 4.51. The van der Waals surface area contributed by atoms with E-state index in [0.29, 0.717) is 13.2 Å². The zero-order valence-electron chi connectivity index (χ0n) is 16.4. The molecule has 1 aliphatic rings. The first-order valence-corrected chi connectivity index (χ1v) is 9.91. The van der Waals surface area contributed by atoms with E-state index < -0.39 is 5.41 Å². The Morgan fingerprint density at radius 2 is 2.07 bits per heavy atom. The van der Waals surface area contributed by atoms with Crippen LogP contribution < -0.4 is 5.32 Å². The third-order valence-electron chi connectivity index (χ3n) is 5.46. The standard InChI is InChI=1S/C23H30N2O2/c1-3-27-22(26)23(15-9-16-24-18-23)14-7-12-20(19-10-5-4-6-11-19)21-13-8-17-25(21)2/h4-6,8,10-13,17,24H,3,7,9,14-16,18H2,1-2H3. The van der Waals surface area contributed by atoms with Gasteiger partial charge < -0.3 is 14.6 Å². The maximum Gasteiger partial charge on any atom is 0.313 e. The van der Waals surface area contributed by atoms with Crippen LogP contribution in [0, 0.1) is 5.41 Å². The van der Waals surface area contributed by atoms with E-state index in [9.17, 15) is 4.79 Å². The van der Waals surface area contributed by atoms with Crippen LogP contribution in [-0.4, -0.2) is 30.2 Å². The summed E-state index contributed by atoms with van der Waals surface area (Å²) in [5, 5.41) is 3.40. The third-order valence-corrected chi connectivity index (χ3v) is 5.46. The van der Waals surface area contributed by atoms with Crippen LogP contribution in [0.15, 0.2) is 54.7 Å². The van der Waals surface area contributed by atoms with Crippen molar-refractivity contribution < 1.29 is 9.53 Å². The molecule has 4 nitrogen and oxygen atoms in total. The average molecular weight is 367 g/mol. The minimum absolute atomic E-state index is 0.0503. The van der Waals surface area contributed by atoms with Crippen molar-refractivity contribution in [1.82, 2.24) is 9.88 Å². The molecule has 2 aromatic rings. The molecule has 1 fully saturated rings. The van der Waals surface area contributed by atoms with Crippen molar-refractivity contribution in [2.45, 2.75) is 32.6 Å². The number of carbonyl (C=O) groups excluding carboxylic acids is 1. The summed E-state index contributed by atoms with van der Waals surface area (Å²) in [7, 11) is 2.07. The van der Waals surface area contributed by atoms with Crippen molar-refractivity contribution in [3.63, 3.8) is 0 Å².